The number of hydrogen-bond donors (Lipinski definition) is 1. The van der Waals surface area contributed by atoms with Gasteiger partial charge < -0.3 is 10.5 Å². The molecule has 1 fully saturated rings. The molecular formula is C12H18N2O. The van der Waals surface area contributed by atoms with Crippen LogP contribution < -0.4 is 10.5 Å². The van der Waals surface area contributed by atoms with Crippen molar-refractivity contribution in [3.05, 3.63) is 23.0 Å². The van der Waals surface area contributed by atoms with Crippen molar-refractivity contribution in [1.82, 2.24) is 4.98 Å². The van der Waals surface area contributed by atoms with E-state index >= 15 is 0 Å². The molecule has 2 N–H and O–H groups in total. The van der Waals surface area contributed by atoms with Crippen LogP contribution in [0.1, 0.15) is 29.8 Å². The Morgan fingerprint density at radius 3 is 2.80 bits per heavy atom. The zero-order chi connectivity index (χ0) is 10.8. The Labute approximate surface area is 90.7 Å². The van der Waals surface area contributed by atoms with E-state index in [2.05, 4.69) is 4.98 Å². The van der Waals surface area contributed by atoms with Crippen LogP contribution >= 0.6 is 0 Å². The van der Waals surface area contributed by atoms with Crippen molar-refractivity contribution in [2.75, 3.05) is 6.61 Å². The zero-order valence-corrected chi connectivity index (χ0v) is 9.42. The van der Waals surface area contributed by atoms with E-state index in [4.69, 9.17) is 10.5 Å². The minimum atomic E-state index is 0.499. The molecule has 1 heterocycles. The van der Waals surface area contributed by atoms with Crippen LogP contribution in [0.25, 0.3) is 0 Å². The van der Waals surface area contributed by atoms with Crippen molar-refractivity contribution in [2.45, 2.75) is 33.2 Å². The SMILES string of the molecule is Cc1cc(OCC2CC2)c(CN)c(C)n1. The highest BCUT2D eigenvalue weighted by molar-refractivity contribution is 5.37. The van der Waals surface area contributed by atoms with E-state index in [0.717, 1.165) is 35.2 Å². The molecule has 0 amide bonds. The molecule has 0 atom stereocenters. The highest BCUT2D eigenvalue weighted by Crippen LogP contribution is 2.30. The number of hydrogen-bond acceptors (Lipinski definition) is 3. The molecule has 2 rings (SSSR count). The summed E-state index contributed by atoms with van der Waals surface area (Å²) in [5.74, 6) is 1.69. The fourth-order valence-electron chi connectivity index (χ4n) is 1.69. The van der Waals surface area contributed by atoms with Crippen LogP contribution in [0, 0.1) is 19.8 Å². The topological polar surface area (TPSA) is 48.1 Å². The number of rotatable bonds is 4. The number of pyridine rings is 1. The van der Waals surface area contributed by atoms with Gasteiger partial charge in [0.05, 0.1) is 6.61 Å². The van der Waals surface area contributed by atoms with Gasteiger partial charge >= 0.3 is 0 Å². The third kappa shape index (κ3) is 2.48. The van der Waals surface area contributed by atoms with E-state index in [1.165, 1.54) is 12.8 Å². The second-order valence-corrected chi connectivity index (χ2v) is 4.28. The van der Waals surface area contributed by atoms with E-state index in [9.17, 15) is 0 Å². The number of nitrogens with two attached hydrogens (primary N) is 1. The number of nitrogens with zero attached hydrogens (tertiary/aromatic N) is 1. The number of aromatic nitrogens is 1. The molecule has 82 valence electrons. The molecule has 0 spiro atoms. The van der Waals surface area contributed by atoms with Crippen LogP contribution in [0.5, 0.6) is 5.75 Å². The van der Waals surface area contributed by atoms with E-state index in [-0.39, 0.29) is 0 Å². The summed E-state index contributed by atoms with van der Waals surface area (Å²) in [6.45, 7) is 5.30. The first-order chi connectivity index (χ1) is 7.20. The Bertz CT molecular complexity index is 359. The summed E-state index contributed by atoms with van der Waals surface area (Å²) in [6.07, 6.45) is 2.61. The highest BCUT2D eigenvalue weighted by Gasteiger charge is 2.22. The van der Waals surface area contributed by atoms with Gasteiger partial charge in [0.2, 0.25) is 0 Å². The summed E-state index contributed by atoms with van der Waals surface area (Å²) in [6, 6.07) is 1.98. The van der Waals surface area contributed by atoms with Gasteiger partial charge in [-0.25, -0.2) is 0 Å². The first kappa shape index (κ1) is 10.4. The largest absolute Gasteiger partial charge is 0.493 e. The van der Waals surface area contributed by atoms with Crippen molar-refractivity contribution in [1.29, 1.82) is 0 Å². The van der Waals surface area contributed by atoms with E-state index in [1.807, 2.05) is 19.9 Å². The predicted molar refractivity (Wildman–Crippen MR) is 59.8 cm³/mol. The zero-order valence-electron chi connectivity index (χ0n) is 9.42. The fraction of sp³-hybridized carbons (Fsp3) is 0.583. The van der Waals surface area contributed by atoms with Crippen molar-refractivity contribution in [2.24, 2.45) is 11.7 Å². The molecular weight excluding hydrogens is 188 g/mol. The molecule has 3 heteroatoms. The molecule has 1 aromatic rings. The Balaban J connectivity index is 2.17. The lowest BCUT2D eigenvalue weighted by Crippen LogP contribution is -2.08. The standard InChI is InChI=1S/C12H18N2O/c1-8-5-12(15-7-10-3-4-10)11(6-13)9(2)14-8/h5,10H,3-4,6-7,13H2,1-2H3. The van der Waals surface area contributed by atoms with Gasteiger partial charge in [0.25, 0.3) is 0 Å². The van der Waals surface area contributed by atoms with Gasteiger partial charge in [0.15, 0.2) is 0 Å². The molecule has 0 aromatic carbocycles. The van der Waals surface area contributed by atoms with E-state index < -0.39 is 0 Å². The van der Waals surface area contributed by atoms with Crippen molar-refractivity contribution >= 4 is 0 Å². The molecule has 0 aliphatic heterocycles. The van der Waals surface area contributed by atoms with Gasteiger partial charge in [-0.2, -0.15) is 0 Å². The van der Waals surface area contributed by atoms with Crippen LogP contribution in [0.3, 0.4) is 0 Å². The third-order valence-corrected chi connectivity index (χ3v) is 2.79. The third-order valence-electron chi connectivity index (χ3n) is 2.79. The molecule has 0 unspecified atom stereocenters. The summed E-state index contributed by atoms with van der Waals surface area (Å²) < 4.78 is 5.79. The Morgan fingerprint density at radius 2 is 2.20 bits per heavy atom. The minimum absolute atomic E-state index is 0.499. The maximum atomic E-state index is 5.79. The van der Waals surface area contributed by atoms with E-state index in [0.29, 0.717) is 6.54 Å². The van der Waals surface area contributed by atoms with Crippen LogP contribution in [0.4, 0.5) is 0 Å². The van der Waals surface area contributed by atoms with Gasteiger partial charge in [-0.15, -0.1) is 0 Å². The monoisotopic (exact) mass is 206 g/mol. The number of aryl methyl sites for hydroxylation is 2. The Morgan fingerprint density at radius 1 is 1.47 bits per heavy atom. The molecule has 15 heavy (non-hydrogen) atoms. The molecule has 0 saturated heterocycles. The smallest absolute Gasteiger partial charge is 0.127 e. The highest BCUT2D eigenvalue weighted by atomic mass is 16.5. The summed E-state index contributed by atoms with van der Waals surface area (Å²) >= 11 is 0. The summed E-state index contributed by atoms with van der Waals surface area (Å²) in [5.41, 5.74) is 8.73. The molecule has 0 radical (unpaired) electrons. The average Bonchev–Trinajstić information content (AvgIpc) is 2.97. The van der Waals surface area contributed by atoms with Gasteiger partial charge in [-0.3, -0.25) is 4.98 Å². The molecule has 1 aliphatic rings. The van der Waals surface area contributed by atoms with Crippen LogP contribution in [0.2, 0.25) is 0 Å². The van der Waals surface area contributed by atoms with Crippen LogP contribution in [0.15, 0.2) is 6.07 Å². The van der Waals surface area contributed by atoms with Crippen molar-refractivity contribution < 1.29 is 4.74 Å². The van der Waals surface area contributed by atoms with Crippen LogP contribution in [-0.4, -0.2) is 11.6 Å². The molecule has 1 saturated carbocycles. The van der Waals surface area contributed by atoms with Crippen LogP contribution in [-0.2, 0) is 6.54 Å². The quantitative estimate of drug-likeness (QED) is 0.819. The van der Waals surface area contributed by atoms with Gasteiger partial charge in [-0.05, 0) is 32.6 Å². The fourth-order valence-corrected chi connectivity index (χ4v) is 1.69. The Kier molecular flexibility index (Phi) is 2.91. The first-order valence-electron chi connectivity index (χ1n) is 5.50. The molecule has 3 nitrogen and oxygen atoms in total. The molecule has 1 aromatic heterocycles. The van der Waals surface area contributed by atoms with Crippen molar-refractivity contribution in [3.8, 4) is 5.75 Å². The second-order valence-electron chi connectivity index (χ2n) is 4.28. The second kappa shape index (κ2) is 4.19. The summed E-state index contributed by atoms with van der Waals surface area (Å²) in [4.78, 5) is 4.39. The van der Waals surface area contributed by atoms with E-state index in [1.54, 1.807) is 0 Å². The number of ether oxygens (including phenoxy) is 1. The lowest BCUT2D eigenvalue weighted by molar-refractivity contribution is 0.296. The maximum absolute atomic E-state index is 5.79. The molecule has 0 bridgehead atoms. The summed E-state index contributed by atoms with van der Waals surface area (Å²) in [7, 11) is 0. The predicted octanol–water partition coefficient (Wildman–Crippen LogP) is 1.95. The molecule has 1 aliphatic carbocycles. The first-order valence-corrected chi connectivity index (χ1v) is 5.50. The van der Waals surface area contributed by atoms with Gasteiger partial charge in [0, 0.05) is 29.6 Å². The van der Waals surface area contributed by atoms with Crippen molar-refractivity contribution in [3.63, 3.8) is 0 Å². The average molecular weight is 206 g/mol. The van der Waals surface area contributed by atoms with Gasteiger partial charge in [0.1, 0.15) is 5.75 Å². The lowest BCUT2D eigenvalue weighted by atomic mass is 10.1. The normalized spacial score (nSPS) is 15.4. The van der Waals surface area contributed by atoms with Gasteiger partial charge in [-0.1, -0.05) is 0 Å². The minimum Gasteiger partial charge on any atom is -0.493 e. The maximum Gasteiger partial charge on any atom is 0.127 e. The Hall–Kier alpha value is -1.09. The lowest BCUT2D eigenvalue weighted by Gasteiger charge is -2.12. The summed E-state index contributed by atoms with van der Waals surface area (Å²) in [5, 5.41) is 0.